The van der Waals surface area contributed by atoms with Crippen molar-refractivity contribution in [3.05, 3.63) is 29.8 Å². The molecule has 2 N–H and O–H groups in total. The van der Waals surface area contributed by atoms with Crippen LogP contribution in [0.15, 0.2) is 23.2 Å². The third-order valence-electron chi connectivity index (χ3n) is 3.24. The molecule has 8 heteroatoms. The first-order valence-electron chi connectivity index (χ1n) is 8.24. The van der Waals surface area contributed by atoms with Crippen molar-refractivity contribution in [2.24, 2.45) is 4.99 Å². The third-order valence-corrected chi connectivity index (χ3v) is 3.24. The summed E-state index contributed by atoms with van der Waals surface area (Å²) in [6.07, 6.45) is 2.00. The monoisotopic (exact) mass is 356 g/mol. The smallest absolute Gasteiger partial charge is 0.243 e. The number of nitrogens with one attached hydrogen (secondary N) is 2. The number of amides is 1. The molecule has 1 aromatic carbocycles. The Balaban J connectivity index is 2.47. The van der Waals surface area contributed by atoms with E-state index < -0.39 is 11.6 Å². The van der Waals surface area contributed by atoms with Crippen LogP contribution in [0.25, 0.3) is 0 Å². The van der Waals surface area contributed by atoms with Crippen molar-refractivity contribution in [2.75, 3.05) is 40.3 Å². The lowest BCUT2D eigenvalue weighted by molar-refractivity contribution is -0.127. The van der Waals surface area contributed by atoms with Crippen LogP contribution in [-0.2, 0) is 4.79 Å². The largest absolute Gasteiger partial charge is 0.489 e. The van der Waals surface area contributed by atoms with Gasteiger partial charge in [0.1, 0.15) is 19.0 Å². The standard InChI is InChI=1S/C17H26F2N4O2/c1-4-5-8-20-17(22-12-16(24)23(2)3)21-9-10-25-15-7-6-13(18)11-14(15)19/h6-7,11H,4-5,8-10,12H2,1-3H3,(H2,20,21,22). The molecule has 0 atom stereocenters. The molecule has 0 fully saturated rings. The minimum Gasteiger partial charge on any atom is -0.489 e. The highest BCUT2D eigenvalue weighted by Gasteiger charge is 2.06. The van der Waals surface area contributed by atoms with Gasteiger partial charge in [-0.3, -0.25) is 4.79 Å². The molecule has 0 spiro atoms. The fourth-order valence-electron chi connectivity index (χ4n) is 1.77. The molecule has 0 aliphatic rings. The molecular weight excluding hydrogens is 330 g/mol. The second kappa shape index (κ2) is 11.2. The van der Waals surface area contributed by atoms with Crippen LogP contribution in [0.2, 0.25) is 0 Å². The Hall–Kier alpha value is -2.38. The van der Waals surface area contributed by atoms with Gasteiger partial charge in [0.15, 0.2) is 17.5 Å². The summed E-state index contributed by atoms with van der Waals surface area (Å²) in [6.45, 7) is 3.35. The zero-order chi connectivity index (χ0) is 18.7. The highest BCUT2D eigenvalue weighted by atomic mass is 19.1. The van der Waals surface area contributed by atoms with Crippen LogP contribution in [0, 0.1) is 11.6 Å². The number of likely N-dealkylation sites (N-methyl/N-ethyl adjacent to an activating group) is 1. The predicted octanol–water partition coefficient (Wildman–Crippen LogP) is 1.77. The van der Waals surface area contributed by atoms with Crippen molar-refractivity contribution in [2.45, 2.75) is 19.8 Å². The van der Waals surface area contributed by atoms with E-state index in [1.165, 1.54) is 11.0 Å². The number of ether oxygens (including phenoxy) is 1. The zero-order valence-electron chi connectivity index (χ0n) is 14.9. The SMILES string of the molecule is CCCCNC(=NCC(=O)N(C)C)NCCOc1ccc(F)cc1F. The summed E-state index contributed by atoms with van der Waals surface area (Å²) in [5, 5.41) is 6.14. The summed E-state index contributed by atoms with van der Waals surface area (Å²) < 4.78 is 31.6. The first-order chi connectivity index (χ1) is 11.9. The van der Waals surface area contributed by atoms with E-state index in [2.05, 4.69) is 22.5 Å². The van der Waals surface area contributed by atoms with Gasteiger partial charge < -0.3 is 20.3 Å². The average molecular weight is 356 g/mol. The molecule has 0 heterocycles. The van der Waals surface area contributed by atoms with Gasteiger partial charge in [-0.1, -0.05) is 13.3 Å². The van der Waals surface area contributed by atoms with Gasteiger partial charge >= 0.3 is 0 Å². The normalized spacial score (nSPS) is 11.2. The van der Waals surface area contributed by atoms with E-state index in [-0.39, 0.29) is 24.8 Å². The van der Waals surface area contributed by atoms with Crippen LogP contribution in [0.4, 0.5) is 8.78 Å². The van der Waals surface area contributed by atoms with E-state index in [4.69, 9.17) is 4.74 Å². The van der Waals surface area contributed by atoms with E-state index in [1.54, 1.807) is 14.1 Å². The van der Waals surface area contributed by atoms with Crippen LogP contribution < -0.4 is 15.4 Å². The fourth-order valence-corrected chi connectivity index (χ4v) is 1.77. The van der Waals surface area contributed by atoms with E-state index in [0.29, 0.717) is 12.5 Å². The molecule has 0 unspecified atom stereocenters. The van der Waals surface area contributed by atoms with Gasteiger partial charge in [0.05, 0.1) is 6.54 Å². The maximum atomic E-state index is 13.5. The van der Waals surface area contributed by atoms with Gasteiger partial charge in [0.25, 0.3) is 0 Å². The Kier molecular flexibility index (Phi) is 9.28. The number of aliphatic imine (C=N–C) groups is 1. The summed E-state index contributed by atoms with van der Waals surface area (Å²) in [6, 6.07) is 3.15. The minimum atomic E-state index is -0.744. The van der Waals surface area contributed by atoms with Crippen LogP contribution in [-0.4, -0.2) is 57.1 Å². The number of carbonyl (C=O) groups is 1. The Morgan fingerprint density at radius 3 is 2.60 bits per heavy atom. The van der Waals surface area contributed by atoms with Crippen molar-refractivity contribution in [3.8, 4) is 5.75 Å². The van der Waals surface area contributed by atoms with Crippen molar-refractivity contribution in [1.82, 2.24) is 15.5 Å². The molecule has 0 saturated heterocycles. The molecule has 0 aromatic heterocycles. The Morgan fingerprint density at radius 2 is 1.96 bits per heavy atom. The number of unbranched alkanes of at least 4 members (excludes halogenated alkanes) is 1. The second-order valence-electron chi connectivity index (χ2n) is 5.58. The van der Waals surface area contributed by atoms with E-state index in [0.717, 1.165) is 31.5 Å². The lowest BCUT2D eigenvalue weighted by atomic mass is 10.3. The summed E-state index contributed by atoms with van der Waals surface area (Å²) >= 11 is 0. The van der Waals surface area contributed by atoms with Crippen LogP contribution in [0.1, 0.15) is 19.8 Å². The molecule has 1 rings (SSSR count). The van der Waals surface area contributed by atoms with Gasteiger partial charge in [-0.25, -0.2) is 13.8 Å². The molecule has 0 saturated carbocycles. The number of halogens is 2. The first kappa shape index (κ1) is 20.7. The fraction of sp³-hybridized carbons (Fsp3) is 0.529. The summed E-state index contributed by atoms with van der Waals surface area (Å²) in [7, 11) is 3.33. The van der Waals surface area contributed by atoms with Gasteiger partial charge in [-0.15, -0.1) is 0 Å². The lowest BCUT2D eigenvalue weighted by Gasteiger charge is -2.14. The highest BCUT2D eigenvalue weighted by Crippen LogP contribution is 2.17. The Morgan fingerprint density at radius 1 is 1.24 bits per heavy atom. The predicted molar refractivity (Wildman–Crippen MR) is 93.8 cm³/mol. The number of hydrogen-bond acceptors (Lipinski definition) is 3. The molecule has 1 aromatic rings. The number of carbonyl (C=O) groups excluding carboxylic acids is 1. The van der Waals surface area contributed by atoms with Gasteiger partial charge in [-0.2, -0.15) is 0 Å². The summed E-state index contributed by atoms with van der Waals surface area (Å²) in [4.78, 5) is 17.3. The number of hydrogen-bond donors (Lipinski definition) is 2. The van der Waals surface area contributed by atoms with Crippen molar-refractivity contribution < 1.29 is 18.3 Å². The Bertz CT molecular complexity index is 580. The van der Waals surface area contributed by atoms with Crippen LogP contribution in [0.3, 0.4) is 0 Å². The topological polar surface area (TPSA) is 66.0 Å². The van der Waals surface area contributed by atoms with Crippen molar-refractivity contribution in [1.29, 1.82) is 0 Å². The molecule has 25 heavy (non-hydrogen) atoms. The van der Waals surface area contributed by atoms with E-state index in [1.807, 2.05) is 0 Å². The molecule has 1 amide bonds. The first-order valence-corrected chi connectivity index (χ1v) is 8.24. The van der Waals surface area contributed by atoms with Gasteiger partial charge in [-0.05, 0) is 18.6 Å². The highest BCUT2D eigenvalue weighted by molar-refractivity contribution is 5.84. The lowest BCUT2D eigenvalue weighted by Crippen LogP contribution is -2.40. The molecular formula is C17H26F2N4O2. The van der Waals surface area contributed by atoms with E-state index in [9.17, 15) is 13.6 Å². The average Bonchev–Trinajstić information content (AvgIpc) is 2.57. The Labute approximate surface area is 147 Å². The quantitative estimate of drug-likeness (QED) is 0.402. The summed E-state index contributed by atoms with van der Waals surface area (Å²) in [5.74, 6) is -1.02. The number of rotatable bonds is 9. The zero-order valence-corrected chi connectivity index (χ0v) is 14.9. The second-order valence-corrected chi connectivity index (χ2v) is 5.58. The molecule has 0 bridgehead atoms. The van der Waals surface area contributed by atoms with Crippen molar-refractivity contribution >= 4 is 11.9 Å². The molecule has 140 valence electrons. The maximum Gasteiger partial charge on any atom is 0.243 e. The van der Waals surface area contributed by atoms with Crippen molar-refractivity contribution in [3.63, 3.8) is 0 Å². The molecule has 6 nitrogen and oxygen atoms in total. The molecule has 0 aliphatic carbocycles. The molecule has 0 aliphatic heterocycles. The van der Waals surface area contributed by atoms with Gasteiger partial charge in [0, 0.05) is 26.7 Å². The number of nitrogens with zero attached hydrogens (tertiary/aromatic N) is 2. The number of guanidine groups is 1. The third kappa shape index (κ3) is 8.32. The summed E-state index contributed by atoms with van der Waals surface area (Å²) in [5.41, 5.74) is 0. The van der Waals surface area contributed by atoms with E-state index >= 15 is 0 Å². The van der Waals surface area contributed by atoms with Crippen LogP contribution >= 0.6 is 0 Å². The van der Waals surface area contributed by atoms with Gasteiger partial charge in [0.2, 0.25) is 5.91 Å². The number of benzene rings is 1. The minimum absolute atomic E-state index is 0.0107. The van der Waals surface area contributed by atoms with Crippen LogP contribution in [0.5, 0.6) is 5.75 Å². The maximum absolute atomic E-state index is 13.5. The molecule has 0 radical (unpaired) electrons.